The van der Waals surface area contributed by atoms with Crippen LogP contribution in [-0.2, 0) is 14.4 Å². The lowest BCUT2D eigenvalue weighted by molar-refractivity contribution is -0.116. The molecule has 27 heavy (non-hydrogen) atoms. The summed E-state index contributed by atoms with van der Waals surface area (Å²) >= 11 is 1.39. The van der Waals surface area contributed by atoms with Crippen molar-refractivity contribution in [1.29, 1.82) is 0 Å². The van der Waals surface area contributed by atoms with Crippen LogP contribution in [0.3, 0.4) is 0 Å². The largest absolute Gasteiger partial charge is 0.326 e. The third kappa shape index (κ3) is 7.53. The van der Waals surface area contributed by atoms with Crippen LogP contribution in [0.25, 0.3) is 0 Å². The van der Waals surface area contributed by atoms with Gasteiger partial charge in [0.05, 0.1) is 5.75 Å². The predicted molar refractivity (Wildman–Crippen MR) is 110 cm³/mol. The second-order valence-electron chi connectivity index (χ2n) is 5.92. The smallest absolute Gasteiger partial charge is 0.234 e. The topological polar surface area (TPSA) is 87.3 Å². The zero-order valence-corrected chi connectivity index (χ0v) is 16.2. The maximum absolute atomic E-state index is 12.1. The Labute approximate surface area is 163 Å². The minimum atomic E-state index is -0.142. The normalized spacial score (nSPS) is 10.1. The molecule has 2 rings (SSSR count). The van der Waals surface area contributed by atoms with E-state index < -0.39 is 0 Å². The summed E-state index contributed by atoms with van der Waals surface area (Å²) in [5.74, 6) is -0.0381. The summed E-state index contributed by atoms with van der Waals surface area (Å²) in [4.78, 5) is 35.7. The Hall–Kier alpha value is -2.80. The van der Waals surface area contributed by atoms with Gasteiger partial charge in [0.2, 0.25) is 17.7 Å². The molecule has 0 spiro atoms. The number of nitrogens with one attached hydrogen (secondary N) is 3. The van der Waals surface area contributed by atoms with Gasteiger partial charge in [-0.25, -0.2) is 0 Å². The number of hydrogen-bond donors (Lipinski definition) is 3. The van der Waals surface area contributed by atoms with Gasteiger partial charge in [0.1, 0.15) is 0 Å². The fourth-order valence-corrected chi connectivity index (χ4v) is 3.06. The van der Waals surface area contributed by atoms with Gasteiger partial charge in [-0.3, -0.25) is 14.4 Å². The van der Waals surface area contributed by atoms with Crippen molar-refractivity contribution in [1.82, 2.24) is 0 Å². The van der Waals surface area contributed by atoms with E-state index in [9.17, 15) is 14.4 Å². The zero-order valence-electron chi connectivity index (χ0n) is 15.4. The molecule has 3 N–H and O–H groups in total. The Bertz CT molecular complexity index is 806. The molecule has 0 radical (unpaired) electrons. The van der Waals surface area contributed by atoms with Crippen LogP contribution < -0.4 is 16.0 Å². The highest BCUT2D eigenvalue weighted by atomic mass is 32.2. The maximum atomic E-state index is 12.1. The molecule has 0 aliphatic rings. The second kappa shape index (κ2) is 10.4. The summed E-state index contributed by atoms with van der Waals surface area (Å²) in [6.45, 7) is 3.40. The minimum absolute atomic E-state index is 0.0138. The lowest BCUT2D eigenvalue weighted by Crippen LogP contribution is -2.14. The highest BCUT2D eigenvalue weighted by molar-refractivity contribution is 8.00. The summed E-state index contributed by atoms with van der Waals surface area (Å²) in [5.41, 5.74) is 2.07. The first-order chi connectivity index (χ1) is 13.0. The van der Waals surface area contributed by atoms with Crippen LogP contribution in [-0.4, -0.2) is 23.5 Å². The number of benzene rings is 2. The Morgan fingerprint density at radius 3 is 2.11 bits per heavy atom. The minimum Gasteiger partial charge on any atom is -0.326 e. The fraction of sp³-hybridized carbons (Fsp3) is 0.250. The molecule has 0 aliphatic heterocycles. The third-order valence-corrected chi connectivity index (χ3v) is 4.45. The van der Waals surface area contributed by atoms with E-state index in [2.05, 4.69) is 16.0 Å². The number of amides is 3. The average molecular weight is 385 g/mol. The van der Waals surface area contributed by atoms with Crippen molar-refractivity contribution >= 4 is 46.5 Å². The van der Waals surface area contributed by atoms with Crippen molar-refractivity contribution in [2.24, 2.45) is 0 Å². The monoisotopic (exact) mass is 385 g/mol. The van der Waals surface area contributed by atoms with Crippen LogP contribution in [0.15, 0.2) is 53.4 Å². The number of hydrogen-bond acceptors (Lipinski definition) is 4. The third-order valence-electron chi connectivity index (χ3n) is 3.45. The van der Waals surface area contributed by atoms with Gasteiger partial charge in [0.25, 0.3) is 0 Å². The van der Waals surface area contributed by atoms with Gasteiger partial charge in [-0.2, -0.15) is 0 Å². The summed E-state index contributed by atoms with van der Waals surface area (Å²) in [6.07, 6.45) is 1.28. The van der Waals surface area contributed by atoms with Crippen LogP contribution in [0.2, 0.25) is 0 Å². The van der Waals surface area contributed by atoms with Crippen molar-refractivity contribution in [3.8, 4) is 0 Å². The summed E-state index contributed by atoms with van der Waals surface area (Å²) < 4.78 is 0. The van der Waals surface area contributed by atoms with Gasteiger partial charge in [0.15, 0.2) is 0 Å². The highest BCUT2D eigenvalue weighted by Crippen LogP contribution is 2.22. The molecule has 142 valence electrons. The quantitative estimate of drug-likeness (QED) is 0.597. The van der Waals surface area contributed by atoms with Crippen molar-refractivity contribution in [3.05, 3.63) is 48.5 Å². The van der Waals surface area contributed by atoms with Gasteiger partial charge < -0.3 is 16.0 Å². The van der Waals surface area contributed by atoms with E-state index >= 15 is 0 Å². The molecule has 0 saturated heterocycles. The lowest BCUT2D eigenvalue weighted by Gasteiger charge is -2.08. The average Bonchev–Trinajstić information content (AvgIpc) is 2.62. The molecule has 0 fully saturated rings. The van der Waals surface area contributed by atoms with Gasteiger partial charge >= 0.3 is 0 Å². The van der Waals surface area contributed by atoms with Crippen molar-refractivity contribution in [2.75, 3.05) is 21.7 Å². The number of thioether (sulfide) groups is 1. The van der Waals surface area contributed by atoms with E-state index in [0.29, 0.717) is 17.8 Å². The van der Waals surface area contributed by atoms with Crippen LogP contribution >= 0.6 is 11.8 Å². The molecular formula is C20H23N3O3S. The second-order valence-corrected chi connectivity index (χ2v) is 6.97. The summed E-state index contributed by atoms with van der Waals surface area (Å²) in [7, 11) is 0. The molecule has 0 heterocycles. The first kappa shape index (κ1) is 20.5. The maximum Gasteiger partial charge on any atom is 0.234 e. The van der Waals surface area contributed by atoms with Crippen molar-refractivity contribution < 1.29 is 14.4 Å². The number of anilines is 3. The molecule has 6 nitrogen and oxygen atoms in total. The highest BCUT2D eigenvalue weighted by Gasteiger charge is 2.06. The first-order valence-corrected chi connectivity index (χ1v) is 9.65. The molecule has 0 unspecified atom stereocenters. The van der Waals surface area contributed by atoms with Gasteiger partial charge in [-0.15, -0.1) is 11.8 Å². The van der Waals surface area contributed by atoms with E-state index in [4.69, 9.17) is 0 Å². The van der Waals surface area contributed by atoms with E-state index in [1.165, 1.54) is 18.7 Å². The fourth-order valence-electron chi connectivity index (χ4n) is 2.30. The first-order valence-electron chi connectivity index (χ1n) is 8.66. The van der Waals surface area contributed by atoms with Crippen LogP contribution in [0.1, 0.15) is 26.7 Å². The zero-order chi connectivity index (χ0) is 19.6. The Balaban J connectivity index is 1.84. The Morgan fingerprint density at radius 1 is 0.852 bits per heavy atom. The molecule has 2 aromatic carbocycles. The van der Waals surface area contributed by atoms with Crippen molar-refractivity contribution in [2.45, 2.75) is 31.6 Å². The molecule has 0 atom stereocenters. The number of carbonyl (C=O) groups excluding carboxylic acids is 3. The SMILES string of the molecule is CCCC(=O)Nc1cccc(SCC(=O)Nc2ccc(NC(C)=O)cc2)c1. The van der Waals surface area contributed by atoms with E-state index in [-0.39, 0.29) is 23.5 Å². The number of carbonyl (C=O) groups is 3. The molecule has 2 aromatic rings. The van der Waals surface area contributed by atoms with E-state index in [0.717, 1.165) is 17.0 Å². The van der Waals surface area contributed by atoms with Gasteiger partial charge in [-0.1, -0.05) is 13.0 Å². The molecule has 0 aromatic heterocycles. The lowest BCUT2D eigenvalue weighted by atomic mass is 10.3. The standard InChI is InChI=1S/C20H23N3O3S/c1-3-5-19(25)23-17-6-4-7-18(12-17)27-13-20(26)22-16-10-8-15(9-11-16)21-14(2)24/h4,6-12H,3,5,13H2,1-2H3,(H,21,24)(H,22,26)(H,23,25). The molecule has 7 heteroatoms. The molecule has 0 bridgehead atoms. The molecule has 0 aliphatic carbocycles. The van der Waals surface area contributed by atoms with Crippen LogP contribution in [0.5, 0.6) is 0 Å². The number of rotatable bonds is 8. The molecular weight excluding hydrogens is 362 g/mol. The van der Waals surface area contributed by atoms with Crippen molar-refractivity contribution in [3.63, 3.8) is 0 Å². The molecule has 3 amide bonds. The summed E-state index contributed by atoms with van der Waals surface area (Å²) in [6, 6.07) is 14.4. The van der Waals surface area contributed by atoms with E-state index in [1.54, 1.807) is 24.3 Å². The van der Waals surface area contributed by atoms with Gasteiger partial charge in [0, 0.05) is 35.3 Å². The van der Waals surface area contributed by atoms with Crippen LogP contribution in [0, 0.1) is 0 Å². The summed E-state index contributed by atoms with van der Waals surface area (Å²) in [5, 5.41) is 8.33. The predicted octanol–water partition coefficient (Wildman–Crippen LogP) is 4.11. The van der Waals surface area contributed by atoms with E-state index in [1.807, 2.05) is 31.2 Å². The Kier molecular flexibility index (Phi) is 7.88. The van der Waals surface area contributed by atoms with Crippen LogP contribution in [0.4, 0.5) is 17.1 Å². The van der Waals surface area contributed by atoms with Gasteiger partial charge in [-0.05, 0) is 48.9 Å². The molecule has 0 saturated carbocycles. The Morgan fingerprint density at radius 2 is 1.48 bits per heavy atom.